The Labute approximate surface area is 120 Å². The zero-order chi connectivity index (χ0) is 14.8. The molecule has 0 spiro atoms. The van der Waals surface area contributed by atoms with E-state index in [4.69, 9.17) is 5.11 Å². The van der Waals surface area contributed by atoms with Crippen molar-refractivity contribution >= 4 is 12.0 Å². The zero-order valence-electron chi connectivity index (χ0n) is 12.6. The molecule has 2 amide bonds. The minimum Gasteiger partial charge on any atom is -0.481 e. The minimum atomic E-state index is -0.728. The third-order valence-electron chi connectivity index (χ3n) is 5.32. The van der Waals surface area contributed by atoms with E-state index in [2.05, 4.69) is 13.8 Å². The quantitative estimate of drug-likeness (QED) is 0.864. The molecule has 5 heteroatoms. The highest BCUT2D eigenvalue weighted by atomic mass is 16.4. The molecule has 0 aromatic heterocycles. The van der Waals surface area contributed by atoms with Gasteiger partial charge in [0.25, 0.3) is 0 Å². The van der Waals surface area contributed by atoms with Gasteiger partial charge >= 0.3 is 12.0 Å². The number of urea groups is 1. The molecule has 2 aliphatic rings. The molecule has 0 saturated carbocycles. The Balaban J connectivity index is 1.89. The van der Waals surface area contributed by atoms with Crippen LogP contribution in [0, 0.1) is 11.3 Å². The molecule has 2 aliphatic heterocycles. The Hall–Kier alpha value is -1.26. The van der Waals surface area contributed by atoms with Gasteiger partial charge in [-0.05, 0) is 37.5 Å². The van der Waals surface area contributed by atoms with Gasteiger partial charge in [-0.2, -0.15) is 0 Å². The average Bonchev–Trinajstić information content (AvgIpc) is 2.92. The summed E-state index contributed by atoms with van der Waals surface area (Å²) in [6.45, 7) is 7.28. The van der Waals surface area contributed by atoms with Gasteiger partial charge in [0.2, 0.25) is 0 Å². The van der Waals surface area contributed by atoms with E-state index in [1.54, 1.807) is 0 Å². The first-order valence-corrected chi connectivity index (χ1v) is 7.78. The van der Waals surface area contributed by atoms with E-state index in [1.165, 1.54) is 0 Å². The molecule has 0 aromatic carbocycles. The highest BCUT2D eigenvalue weighted by molar-refractivity contribution is 5.76. The fourth-order valence-corrected chi connectivity index (χ4v) is 3.44. The number of likely N-dealkylation sites (tertiary alicyclic amines) is 2. The van der Waals surface area contributed by atoms with Crippen molar-refractivity contribution in [1.82, 2.24) is 9.80 Å². The smallest absolute Gasteiger partial charge is 0.320 e. The topological polar surface area (TPSA) is 60.9 Å². The molecule has 1 N–H and O–H groups in total. The molecule has 2 saturated heterocycles. The Morgan fingerprint density at radius 3 is 2.15 bits per heavy atom. The molecule has 5 nitrogen and oxygen atoms in total. The molecule has 0 aromatic rings. The van der Waals surface area contributed by atoms with Crippen molar-refractivity contribution in [3.05, 3.63) is 0 Å². The lowest BCUT2D eigenvalue weighted by atomic mass is 9.82. The van der Waals surface area contributed by atoms with Crippen LogP contribution >= 0.6 is 0 Å². The Morgan fingerprint density at radius 1 is 1.10 bits per heavy atom. The van der Waals surface area contributed by atoms with Crippen LogP contribution in [-0.2, 0) is 4.79 Å². The normalized spacial score (nSPS) is 23.1. The first-order valence-electron chi connectivity index (χ1n) is 7.78. The van der Waals surface area contributed by atoms with Crippen LogP contribution in [0.1, 0.15) is 46.0 Å². The lowest BCUT2D eigenvalue weighted by Crippen LogP contribution is -2.47. The molecule has 2 heterocycles. The number of carboxylic acids is 1. The molecular weight excluding hydrogens is 256 g/mol. The number of carbonyl (C=O) groups excluding carboxylic acids is 1. The summed E-state index contributed by atoms with van der Waals surface area (Å²) in [7, 11) is 0. The maximum atomic E-state index is 12.5. The van der Waals surface area contributed by atoms with Gasteiger partial charge in [0.05, 0.1) is 5.92 Å². The Bertz CT molecular complexity index is 371. The van der Waals surface area contributed by atoms with Crippen molar-refractivity contribution in [2.24, 2.45) is 11.3 Å². The van der Waals surface area contributed by atoms with Gasteiger partial charge in [0.15, 0.2) is 0 Å². The third kappa shape index (κ3) is 2.91. The number of rotatable bonds is 3. The van der Waals surface area contributed by atoms with Gasteiger partial charge in [-0.25, -0.2) is 4.79 Å². The summed E-state index contributed by atoms with van der Waals surface area (Å²) in [4.78, 5) is 27.2. The van der Waals surface area contributed by atoms with E-state index in [0.717, 1.165) is 32.4 Å². The van der Waals surface area contributed by atoms with E-state index in [9.17, 15) is 9.59 Å². The molecule has 0 atom stereocenters. The SMILES string of the molecule is CCC1(CC)CCN(C(=O)N2CCC(C(=O)O)CC2)C1. The lowest BCUT2D eigenvalue weighted by Gasteiger charge is -2.34. The van der Waals surface area contributed by atoms with E-state index >= 15 is 0 Å². The van der Waals surface area contributed by atoms with E-state index < -0.39 is 5.97 Å². The van der Waals surface area contributed by atoms with Crippen molar-refractivity contribution in [3.63, 3.8) is 0 Å². The summed E-state index contributed by atoms with van der Waals surface area (Å²) in [6.07, 6.45) is 4.50. The molecule has 2 fully saturated rings. The van der Waals surface area contributed by atoms with Crippen LogP contribution in [0.25, 0.3) is 0 Å². The number of carboxylic acid groups (broad SMARTS) is 1. The number of amides is 2. The fourth-order valence-electron chi connectivity index (χ4n) is 3.44. The number of carbonyl (C=O) groups is 2. The van der Waals surface area contributed by atoms with E-state index in [1.807, 2.05) is 9.80 Å². The predicted molar refractivity (Wildman–Crippen MR) is 76.5 cm³/mol. The first-order chi connectivity index (χ1) is 9.51. The predicted octanol–water partition coefficient (Wildman–Crippen LogP) is 2.42. The largest absolute Gasteiger partial charge is 0.481 e. The maximum absolute atomic E-state index is 12.5. The van der Waals surface area contributed by atoms with Crippen LogP contribution in [0.3, 0.4) is 0 Å². The van der Waals surface area contributed by atoms with Crippen LogP contribution in [0.15, 0.2) is 0 Å². The summed E-state index contributed by atoms with van der Waals surface area (Å²) >= 11 is 0. The monoisotopic (exact) mass is 282 g/mol. The average molecular weight is 282 g/mol. The van der Waals surface area contributed by atoms with E-state index in [0.29, 0.717) is 31.3 Å². The van der Waals surface area contributed by atoms with Gasteiger partial charge in [-0.1, -0.05) is 13.8 Å². The van der Waals surface area contributed by atoms with Crippen LogP contribution in [0.5, 0.6) is 0 Å². The number of hydrogen-bond acceptors (Lipinski definition) is 2. The van der Waals surface area contributed by atoms with Crippen LogP contribution in [0.2, 0.25) is 0 Å². The molecular formula is C15H26N2O3. The van der Waals surface area contributed by atoms with Crippen molar-refractivity contribution in [2.45, 2.75) is 46.0 Å². The summed E-state index contributed by atoms with van der Waals surface area (Å²) < 4.78 is 0. The zero-order valence-corrected chi connectivity index (χ0v) is 12.6. The number of nitrogens with zero attached hydrogens (tertiary/aromatic N) is 2. The summed E-state index contributed by atoms with van der Waals surface area (Å²) in [5.41, 5.74) is 0.301. The van der Waals surface area contributed by atoms with Gasteiger partial charge in [-0.15, -0.1) is 0 Å². The first kappa shape index (κ1) is 15.1. The van der Waals surface area contributed by atoms with Gasteiger partial charge in [-0.3, -0.25) is 4.79 Å². The molecule has 0 bridgehead atoms. The van der Waals surface area contributed by atoms with Gasteiger partial charge < -0.3 is 14.9 Å². The molecule has 0 unspecified atom stereocenters. The highest BCUT2D eigenvalue weighted by Crippen LogP contribution is 2.37. The number of piperidine rings is 1. The second kappa shape index (κ2) is 6.02. The fraction of sp³-hybridized carbons (Fsp3) is 0.867. The summed E-state index contributed by atoms with van der Waals surface area (Å²) in [5, 5.41) is 8.99. The maximum Gasteiger partial charge on any atom is 0.320 e. The lowest BCUT2D eigenvalue weighted by molar-refractivity contribution is -0.143. The number of hydrogen-bond donors (Lipinski definition) is 1. The van der Waals surface area contributed by atoms with Crippen molar-refractivity contribution in [2.75, 3.05) is 26.2 Å². The molecule has 0 aliphatic carbocycles. The van der Waals surface area contributed by atoms with Crippen LogP contribution < -0.4 is 0 Å². The standard InChI is InChI=1S/C15H26N2O3/c1-3-15(4-2)7-10-17(11-15)14(20)16-8-5-12(6-9-16)13(18)19/h12H,3-11H2,1-2H3,(H,18,19). The molecule has 114 valence electrons. The van der Waals surface area contributed by atoms with Crippen molar-refractivity contribution in [3.8, 4) is 0 Å². The van der Waals surface area contributed by atoms with Gasteiger partial charge in [0, 0.05) is 26.2 Å². The summed E-state index contributed by atoms with van der Waals surface area (Å²) in [6, 6.07) is 0.109. The van der Waals surface area contributed by atoms with Crippen LogP contribution in [0.4, 0.5) is 4.79 Å². The highest BCUT2D eigenvalue weighted by Gasteiger charge is 2.39. The summed E-state index contributed by atoms with van der Waals surface area (Å²) in [5.74, 6) is -1.00. The molecule has 0 radical (unpaired) electrons. The number of aliphatic carboxylic acids is 1. The Morgan fingerprint density at radius 2 is 1.70 bits per heavy atom. The third-order valence-corrected chi connectivity index (χ3v) is 5.32. The second-order valence-electron chi connectivity index (χ2n) is 6.26. The van der Waals surface area contributed by atoms with E-state index in [-0.39, 0.29) is 11.9 Å². The van der Waals surface area contributed by atoms with Crippen molar-refractivity contribution < 1.29 is 14.7 Å². The molecule has 20 heavy (non-hydrogen) atoms. The van der Waals surface area contributed by atoms with Crippen molar-refractivity contribution in [1.29, 1.82) is 0 Å². The van der Waals surface area contributed by atoms with Crippen LogP contribution in [-0.4, -0.2) is 53.1 Å². The van der Waals surface area contributed by atoms with Gasteiger partial charge in [0.1, 0.15) is 0 Å². The Kier molecular flexibility index (Phi) is 4.55. The minimum absolute atomic E-state index is 0.109. The molecule has 2 rings (SSSR count). The second-order valence-corrected chi connectivity index (χ2v) is 6.26.